The summed E-state index contributed by atoms with van der Waals surface area (Å²) in [6.45, 7) is 15.4. The normalized spacial score (nSPS) is 16.5. The molecule has 0 radical (unpaired) electrons. The molecule has 1 aliphatic heterocycles. The minimum Gasteiger partial charge on any atom is -0.356 e. The Balaban J connectivity index is 2.45. The van der Waals surface area contributed by atoms with Crippen LogP contribution in [0.2, 0.25) is 0 Å². The van der Waals surface area contributed by atoms with E-state index >= 15 is 0 Å². The van der Waals surface area contributed by atoms with Gasteiger partial charge in [-0.15, -0.1) is 0 Å². The molecule has 0 unspecified atom stereocenters. The Morgan fingerprint density at radius 2 is 2.16 bits per heavy atom. The monoisotopic (exact) mass is 338 g/mol. The van der Waals surface area contributed by atoms with Crippen LogP contribution in [-0.2, 0) is 0 Å². The number of aromatic nitrogens is 1. The van der Waals surface area contributed by atoms with Crippen LogP contribution in [0.1, 0.15) is 54.7 Å². The number of hydrogen-bond acceptors (Lipinski definition) is 4. The van der Waals surface area contributed by atoms with Crippen molar-refractivity contribution in [3.05, 3.63) is 47.8 Å². The third kappa shape index (κ3) is 4.48. The lowest BCUT2D eigenvalue weighted by molar-refractivity contribution is 0.0967. The summed E-state index contributed by atoms with van der Waals surface area (Å²) < 4.78 is 0. The third-order valence-electron chi connectivity index (χ3n) is 4.70. The zero-order chi connectivity index (χ0) is 18.6. The van der Waals surface area contributed by atoms with Crippen molar-refractivity contribution in [2.45, 2.75) is 40.0 Å². The molecule has 25 heavy (non-hydrogen) atoms. The number of aryl methyl sites for hydroxylation is 1. The topological polar surface area (TPSA) is 69.0 Å². The smallest absolute Gasteiger partial charge is 0.259 e. The fourth-order valence-electron chi connectivity index (χ4n) is 3.12. The highest BCUT2D eigenvalue weighted by Gasteiger charge is 2.27. The van der Waals surface area contributed by atoms with Crippen LogP contribution in [0.3, 0.4) is 0 Å². The molecule has 0 aromatic carbocycles. The Kier molecular flexibility index (Phi) is 5.63. The molecule has 5 nitrogen and oxygen atoms in total. The van der Waals surface area contributed by atoms with Crippen LogP contribution in [0.15, 0.2) is 31.0 Å². The molecule has 132 valence electrons. The number of amides is 1. The van der Waals surface area contributed by atoms with Gasteiger partial charge in [0.1, 0.15) is 17.6 Å². The van der Waals surface area contributed by atoms with Gasteiger partial charge in [-0.3, -0.25) is 4.79 Å². The van der Waals surface area contributed by atoms with Crippen molar-refractivity contribution in [1.29, 1.82) is 5.26 Å². The van der Waals surface area contributed by atoms with Crippen molar-refractivity contribution in [3.8, 4) is 6.07 Å². The highest BCUT2D eigenvalue weighted by Crippen LogP contribution is 2.33. The second kappa shape index (κ2) is 7.52. The molecule has 1 aromatic rings. The number of carbonyl (C=O) groups is 1. The first-order chi connectivity index (χ1) is 11.8. The lowest BCUT2D eigenvalue weighted by Gasteiger charge is -2.26. The molecule has 0 aliphatic carbocycles. The van der Waals surface area contributed by atoms with Gasteiger partial charge in [0.05, 0.1) is 5.56 Å². The second-order valence-electron chi connectivity index (χ2n) is 7.32. The van der Waals surface area contributed by atoms with Gasteiger partial charge in [0, 0.05) is 18.8 Å². The van der Waals surface area contributed by atoms with Crippen molar-refractivity contribution in [1.82, 2.24) is 10.3 Å². The van der Waals surface area contributed by atoms with Gasteiger partial charge in [0.2, 0.25) is 0 Å². The fourth-order valence-corrected chi connectivity index (χ4v) is 3.12. The number of nitrogens with zero attached hydrogens (tertiary/aromatic N) is 3. The lowest BCUT2D eigenvalue weighted by atomic mass is 9.85. The van der Waals surface area contributed by atoms with E-state index in [2.05, 4.69) is 48.3 Å². The fraction of sp³-hybridized carbons (Fsp3) is 0.450. The summed E-state index contributed by atoms with van der Waals surface area (Å²) in [6.07, 6.45) is 4.68. The number of carbonyl (C=O) groups excluding carboxylic acids is 1. The highest BCUT2D eigenvalue weighted by molar-refractivity contribution is 6.01. The molecular weight excluding hydrogens is 312 g/mol. The SMILES string of the molecule is C=CC(=C)NC(=O)c1c(C)cc(C#N)nc1N1CCCC(C)(C)CC1. The number of rotatable bonds is 4. The zero-order valence-electron chi connectivity index (χ0n) is 15.4. The van der Waals surface area contributed by atoms with Gasteiger partial charge in [-0.25, -0.2) is 4.98 Å². The van der Waals surface area contributed by atoms with Crippen molar-refractivity contribution < 1.29 is 4.79 Å². The number of nitrogens with one attached hydrogen (secondary N) is 1. The molecule has 0 saturated carbocycles. The number of allylic oxidation sites excluding steroid dienone is 1. The van der Waals surface area contributed by atoms with Crippen LogP contribution >= 0.6 is 0 Å². The molecule has 2 heterocycles. The molecule has 0 atom stereocenters. The van der Waals surface area contributed by atoms with E-state index in [-0.39, 0.29) is 11.3 Å². The van der Waals surface area contributed by atoms with Crippen molar-refractivity contribution in [2.24, 2.45) is 5.41 Å². The lowest BCUT2D eigenvalue weighted by Crippen LogP contribution is -2.31. The molecule has 1 N–H and O–H groups in total. The summed E-state index contributed by atoms with van der Waals surface area (Å²) in [5.41, 5.74) is 2.28. The van der Waals surface area contributed by atoms with Crippen LogP contribution in [0.25, 0.3) is 0 Å². The second-order valence-corrected chi connectivity index (χ2v) is 7.32. The van der Waals surface area contributed by atoms with E-state index < -0.39 is 0 Å². The summed E-state index contributed by atoms with van der Waals surface area (Å²) in [4.78, 5) is 19.3. The van der Waals surface area contributed by atoms with Crippen LogP contribution in [0, 0.1) is 23.7 Å². The maximum Gasteiger partial charge on any atom is 0.259 e. The Labute approximate surface area is 150 Å². The minimum absolute atomic E-state index is 0.266. The van der Waals surface area contributed by atoms with Gasteiger partial charge in [-0.1, -0.05) is 27.0 Å². The van der Waals surface area contributed by atoms with Gasteiger partial charge >= 0.3 is 0 Å². The summed E-state index contributed by atoms with van der Waals surface area (Å²) in [5, 5.41) is 12.0. The molecule has 0 bridgehead atoms. The maximum atomic E-state index is 12.7. The number of hydrogen-bond donors (Lipinski definition) is 1. The van der Waals surface area contributed by atoms with Gasteiger partial charge < -0.3 is 10.2 Å². The van der Waals surface area contributed by atoms with Gasteiger partial charge in [0.25, 0.3) is 5.91 Å². The Morgan fingerprint density at radius 1 is 1.44 bits per heavy atom. The van der Waals surface area contributed by atoms with Gasteiger partial charge in [-0.05, 0) is 49.3 Å². The molecule has 5 heteroatoms. The standard InChI is InChI=1S/C20H26N4O/c1-6-15(3)22-19(25)17-14(2)12-16(13-21)23-18(17)24-10-7-8-20(4,5)9-11-24/h6,12H,1,3,7-11H2,2,4-5H3,(H,22,25). The summed E-state index contributed by atoms with van der Waals surface area (Å²) in [5.74, 6) is 0.321. The summed E-state index contributed by atoms with van der Waals surface area (Å²) in [6, 6.07) is 3.74. The first kappa shape index (κ1) is 18.7. The minimum atomic E-state index is -0.266. The van der Waals surface area contributed by atoms with Crippen LogP contribution in [0.4, 0.5) is 5.82 Å². The van der Waals surface area contributed by atoms with Crippen LogP contribution in [0.5, 0.6) is 0 Å². The Morgan fingerprint density at radius 3 is 2.80 bits per heavy atom. The number of anilines is 1. The molecule has 1 fully saturated rings. The van der Waals surface area contributed by atoms with Crippen molar-refractivity contribution >= 4 is 11.7 Å². The zero-order valence-corrected chi connectivity index (χ0v) is 15.4. The van der Waals surface area contributed by atoms with Gasteiger partial charge in [-0.2, -0.15) is 5.26 Å². The average Bonchev–Trinajstić information content (AvgIpc) is 2.74. The predicted octanol–water partition coefficient (Wildman–Crippen LogP) is 3.71. The molecule has 1 amide bonds. The van der Waals surface area contributed by atoms with E-state index in [1.54, 1.807) is 6.07 Å². The highest BCUT2D eigenvalue weighted by atomic mass is 16.1. The van der Waals surface area contributed by atoms with E-state index in [4.69, 9.17) is 0 Å². The summed E-state index contributed by atoms with van der Waals surface area (Å²) in [7, 11) is 0. The number of nitriles is 1. The predicted molar refractivity (Wildman–Crippen MR) is 100 cm³/mol. The van der Waals surface area contributed by atoms with E-state index in [1.807, 2.05) is 6.92 Å². The largest absolute Gasteiger partial charge is 0.356 e. The van der Waals surface area contributed by atoms with Crippen molar-refractivity contribution in [3.63, 3.8) is 0 Å². The molecule has 2 rings (SSSR count). The molecule has 1 aromatic heterocycles. The van der Waals surface area contributed by atoms with Gasteiger partial charge in [0.15, 0.2) is 0 Å². The summed E-state index contributed by atoms with van der Waals surface area (Å²) >= 11 is 0. The van der Waals surface area contributed by atoms with Crippen molar-refractivity contribution in [2.75, 3.05) is 18.0 Å². The number of pyridine rings is 1. The Bertz CT molecular complexity index is 743. The molecule has 1 aliphatic rings. The first-order valence-electron chi connectivity index (χ1n) is 8.57. The first-order valence-corrected chi connectivity index (χ1v) is 8.57. The average molecular weight is 338 g/mol. The van der Waals surface area contributed by atoms with E-state index in [9.17, 15) is 10.1 Å². The molecular formula is C20H26N4O. The van der Waals surface area contributed by atoms with Crippen LogP contribution in [-0.4, -0.2) is 24.0 Å². The third-order valence-corrected chi connectivity index (χ3v) is 4.70. The van der Waals surface area contributed by atoms with E-state index in [1.165, 1.54) is 6.08 Å². The Hall–Kier alpha value is -2.61. The van der Waals surface area contributed by atoms with E-state index in [0.29, 0.717) is 22.8 Å². The molecule has 0 spiro atoms. The maximum absolute atomic E-state index is 12.7. The van der Waals surface area contributed by atoms with Crippen LogP contribution < -0.4 is 10.2 Å². The quantitative estimate of drug-likeness (QED) is 0.850. The molecule has 1 saturated heterocycles. The van der Waals surface area contributed by atoms with E-state index in [0.717, 1.165) is 37.9 Å².